The molecule has 0 saturated carbocycles. The van der Waals surface area contributed by atoms with Crippen LogP contribution in [0.4, 0.5) is 5.13 Å². The molecule has 6 heteroatoms. The van der Waals surface area contributed by atoms with Crippen molar-refractivity contribution in [1.82, 2.24) is 15.1 Å². The van der Waals surface area contributed by atoms with Gasteiger partial charge in [-0.25, -0.2) is 0 Å². The van der Waals surface area contributed by atoms with E-state index in [2.05, 4.69) is 15.5 Å². The second-order valence-corrected chi connectivity index (χ2v) is 3.34. The first-order valence-corrected chi connectivity index (χ1v) is 4.19. The molecule has 1 heterocycles. The van der Waals surface area contributed by atoms with Gasteiger partial charge in [-0.15, -0.1) is 10.2 Å². The molecule has 0 atom stereocenters. The Labute approximate surface area is 74.4 Å². The van der Waals surface area contributed by atoms with E-state index in [1.165, 1.54) is 16.2 Å². The van der Waals surface area contributed by atoms with E-state index in [1.54, 1.807) is 21.1 Å². The molecule has 1 rings (SSSR count). The van der Waals surface area contributed by atoms with Crippen molar-refractivity contribution in [3.05, 3.63) is 5.01 Å². The highest BCUT2D eigenvalue weighted by Crippen LogP contribution is 2.14. The van der Waals surface area contributed by atoms with E-state index in [-0.39, 0.29) is 5.91 Å². The fraction of sp³-hybridized carbons (Fsp3) is 0.500. The summed E-state index contributed by atoms with van der Waals surface area (Å²) in [5.41, 5.74) is 0. The topological polar surface area (TPSA) is 58.1 Å². The van der Waals surface area contributed by atoms with Gasteiger partial charge in [-0.2, -0.15) is 0 Å². The van der Waals surface area contributed by atoms with E-state index in [0.29, 0.717) is 10.1 Å². The van der Waals surface area contributed by atoms with E-state index >= 15 is 0 Å². The van der Waals surface area contributed by atoms with Gasteiger partial charge in [0, 0.05) is 21.1 Å². The summed E-state index contributed by atoms with van der Waals surface area (Å²) in [5.74, 6) is -0.117. The predicted octanol–water partition coefficient (Wildman–Crippen LogP) is 0.282. The van der Waals surface area contributed by atoms with Crippen LogP contribution in [-0.2, 0) is 0 Å². The molecule has 0 fully saturated rings. The van der Waals surface area contributed by atoms with E-state index in [1.807, 2.05) is 0 Å². The molecule has 0 bridgehead atoms. The number of aromatic nitrogens is 2. The van der Waals surface area contributed by atoms with Gasteiger partial charge in [-0.3, -0.25) is 4.79 Å². The monoisotopic (exact) mass is 186 g/mol. The number of anilines is 1. The van der Waals surface area contributed by atoms with Crippen LogP contribution in [0.15, 0.2) is 0 Å². The molecule has 0 radical (unpaired) electrons. The number of carbonyl (C=O) groups excluding carboxylic acids is 1. The van der Waals surface area contributed by atoms with Gasteiger partial charge in [-0.1, -0.05) is 11.3 Å². The highest BCUT2D eigenvalue weighted by atomic mass is 32.1. The molecule has 1 aromatic heterocycles. The van der Waals surface area contributed by atoms with Crippen LogP contribution in [0.5, 0.6) is 0 Å². The van der Waals surface area contributed by atoms with Gasteiger partial charge < -0.3 is 10.2 Å². The average molecular weight is 186 g/mol. The van der Waals surface area contributed by atoms with Crippen molar-refractivity contribution in [2.45, 2.75) is 0 Å². The van der Waals surface area contributed by atoms with E-state index < -0.39 is 0 Å². The molecule has 12 heavy (non-hydrogen) atoms. The molecule has 0 aliphatic carbocycles. The van der Waals surface area contributed by atoms with E-state index in [4.69, 9.17) is 0 Å². The van der Waals surface area contributed by atoms with Crippen molar-refractivity contribution in [2.24, 2.45) is 0 Å². The van der Waals surface area contributed by atoms with E-state index in [0.717, 1.165) is 0 Å². The zero-order valence-corrected chi connectivity index (χ0v) is 7.97. The average Bonchev–Trinajstić information content (AvgIpc) is 2.50. The maximum Gasteiger partial charge on any atom is 0.284 e. The van der Waals surface area contributed by atoms with Crippen molar-refractivity contribution >= 4 is 22.4 Å². The van der Waals surface area contributed by atoms with Crippen LogP contribution in [0, 0.1) is 0 Å². The van der Waals surface area contributed by atoms with Crippen LogP contribution in [-0.4, -0.2) is 42.1 Å². The molecule has 5 nitrogen and oxygen atoms in total. The Morgan fingerprint density at radius 1 is 1.50 bits per heavy atom. The SMILES string of the molecule is CNc1nnc(C(=O)N(C)C)s1. The summed E-state index contributed by atoms with van der Waals surface area (Å²) >= 11 is 1.24. The van der Waals surface area contributed by atoms with Crippen LogP contribution in [0.2, 0.25) is 0 Å². The highest BCUT2D eigenvalue weighted by molar-refractivity contribution is 7.17. The number of rotatable bonds is 2. The fourth-order valence-electron chi connectivity index (χ4n) is 0.602. The summed E-state index contributed by atoms with van der Waals surface area (Å²) in [6, 6.07) is 0. The van der Waals surface area contributed by atoms with Crippen LogP contribution in [0.25, 0.3) is 0 Å². The fourth-order valence-corrected chi connectivity index (χ4v) is 1.32. The Morgan fingerprint density at radius 2 is 2.17 bits per heavy atom. The van der Waals surface area contributed by atoms with Crippen molar-refractivity contribution in [3.63, 3.8) is 0 Å². The molecule has 0 spiro atoms. The highest BCUT2D eigenvalue weighted by Gasteiger charge is 2.13. The maximum atomic E-state index is 11.3. The molecule has 1 aromatic rings. The molecule has 1 amide bonds. The van der Waals surface area contributed by atoms with Gasteiger partial charge >= 0.3 is 0 Å². The first-order chi connectivity index (χ1) is 5.65. The van der Waals surface area contributed by atoms with Crippen LogP contribution in [0.1, 0.15) is 9.80 Å². The maximum absolute atomic E-state index is 11.3. The summed E-state index contributed by atoms with van der Waals surface area (Å²) in [6.45, 7) is 0. The van der Waals surface area contributed by atoms with Gasteiger partial charge in [-0.05, 0) is 0 Å². The number of carbonyl (C=O) groups is 1. The summed E-state index contributed by atoms with van der Waals surface area (Å²) in [4.78, 5) is 12.8. The Balaban J connectivity index is 2.82. The Morgan fingerprint density at radius 3 is 2.58 bits per heavy atom. The molecule has 0 saturated heterocycles. The lowest BCUT2D eigenvalue weighted by atomic mass is 10.6. The minimum absolute atomic E-state index is 0.117. The molecule has 0 aromatic carbocycles. The molecule has 0 aliphatic rings. The number of hydrogen-bond acceptors (Lipinski definition) is 5. The lowest BCUT2D eigenvalue weighted by Crippen LogP contribution is -2.21. The standard InChI is InChI=1S/C6H10N4OS/c1-7-6-9-8-4(12-6)5(11)10(2)3/h1-3H3,(H,7,9). The largest absolute Gasteiger partial charge is 0.363 e. The molecular weight excluding hydrogens is 176 g/mol. The lowest BCUT2D eigenvalue weighted by molar-refractivity contribution is 0.0826. The molecule has 0 unspecified atom stereocenters. The van der Waals surface area contributed by atoms with Crippen molar-refractivity contribution < 1.29 is 4.79 Å². The molecular formula is C6H10N4OS. The third-order valence-electron chi connectivity index (χ3n) is 1.23. The predicted molar refractivity (Wildman–Crippen MR) is 47.5 cm³/mol. The third-order valence-corrected chi connectivity index (χ3v) is 2.16. The first kappa shape index (κ1) is 8.92. The minimum atomic E-state index is -0.117. The summed E-state index contributed by atoms with van der Waals surface area (Å²) < 4.78 is 0. The minimum Gasteiger partial charge on any atom is -0.363 e. The zero-order chi connectivity index (χ0) is 9.14. The number of amides is 1. The van der Waals surface area contributed by atoms with Crippen molar-refractivity contribution in [3.8, 4) is 0 Å². The lowest BCUT2D eigenvalue weighted by Gasteiger charge is -2.05. The van der Waals surface area contributed by atoms with Gasteiger partial charge in [0.1, 0.15) is 0 Å². The summed E-state index contributed by atoms with van der Waals surface area (Å²) in [7, 11) is 5.11. The van der Waals surface area contributed by atoms with Gasteiger partial charge in [0.15, 0.2) is 0 Å². The second-order valence-electron chi connectivity index (χ2n) is 2.36. The third kappa shape index (κ3) is 1.70. The molecule has 1 N–H and O–H groups in total. The number of nitrogens with zero attached hydrogens (tertiary/aromatic N) is 3. The van der Waals surface area contributed by atoms with Gasteiger partial charge in [0.25, 0.3) is 5.91 Å². The Hall–Kier alpha value is -1.17. The van der Waals surface area contributed by atoms with Crippen LogP contribution >= 0.6 is 11.3 Å². The normalized spacial score (nSPS) is 9.58. The van der Waals surface area contributed by atoms with Crippen LogP contribution < -0.4 is 5.32 Å². The number of nitrogens with one attached hydrogen (secondary N) is 1. The Kier molecular flexibility index (Phi) is 2.59. The summed E-state index contributed by atoms with van der Waals surface area (Å²) in [6.07, 6.45) is 0. The quantitative estimate of drug-likeness (QED) is 0.720. The summed E-state index contributed by atoms with van der Waals surface area (Å²) in [5, 5.41) is 11.3. The number of hydrogen-bond donors (Lipinski definition) is 1. The molecule has 0 aliphatic heterocycles. The van der Waals surface area contributed by atoms with Crippen LogP contribution in [0.3, 0.4) is 0 Å². The van der Waals surface area contributed by atoms with Crippen molar-refractivity contribution in [1.29, 1.82) is 0 Å². The zero-order valence-electron chi connectivity index (χ0n) is 7.16. The van der Waals surface area contributed by atoms with E-state index in [9.17, 15) is 4.79 Å². The van der Waals surface area contributed by atoms with Gasteiger partial charge in [0.05, 0.1) is 0 Å². The first-order valence-electron chi connectivity index (χ1n) is 3.38. The molecule has 66 valence electrons. The second kappa shape index (κ2) is 3.48. The van der Waals surface area contributed by atoms with Gasteiger partial charge in [0.2, 0.25) is 10.1 Å². The van der Waals surface area contributed by atoms with Crippen molar-refractivity contribution in [2.75, 3.05) is 26.5 Å². The smallest absolute Gasteiger partial charge is 0.284 e. The Bertz CT molecular complexity index is 283.